The van der Waals surface area contributed by atoms with Crippen LogP contribution < -0.4 is 10.2 Å². The van der Waals surface area contributed by atoms with Crippen molar-refractivity contribution in [3.05, 3.63) is 53.7 Å². The summed E-state index contributed by atoms with van der Waals surface area (Å²) in [5.74, 6) is 1.20. The van der Waals surface area contributed by atoms with E-state index in [1.165, 1.54) is 5.56 Å². The Morgan fingerprint density at radius 2 is 1.97 bits per heavy atom. The first-order chi connectivity index (χ1) is 14.3. The van der Waals surface area contributed by atoms with Crippen LogP contribution in [-0.4, -0.2) is 46.8 Å². The lowest BCUT2D eigenvalue weighted by Gasteiger charge is -2.24. The van der Waals surface area contributed by atoms with Gasteiger partial charge in [-0.15, -0.1) is 5.10 Å². The summed E-state index contributed by atoms with van der Waals surface area (Å²) < 4.78 is 7.06. The Kier molecular flexibility index (Phi) is 5.47. The molecule has 7 heteroatoms. The number of nitrogens with one attached hydrogen (secondary N) is 1. The van der Waals surface area contributed by atoms with Crippen molar-refractivity contribution >= 4 is 23.2 Å². The zero-order valence-electron chi connectivity index (χ0n) is 18.1. The molecule has 7 nitrogen and oxygen atoms in total. The van der Waals surface area contributed by atoms with Crippen LogP contribution in [0, 0.1) is 0 Å². The lowest BCUT2D eigenvalue weighted by atomic mass is 9.87. The average molecular weight is 408 g/mol. The first kappa shape index (κ1) is 20.3. The second kappa shape index (κ2) is 8.07. The molecule has 1 aliphatic heterocycles. The fourth-order valence-electron chi connectivity index (χ4n) is 3.90. The van der Waals surface area contributed by atoms with Crippen LogP contribution in [0.1, 0.15) is 49.5 Å². The number of carbonyl (C=O) groups is 1. The summed E-state index contributed by atoms with van der Waals surface area (Å²) in [6.45, 7) is 8.12. The molecule has 1 atom stereocenters. The van der Waals surface area contributed by atoms with Crippen LogP contribution in [0.3, 0.4) is 0 Å². The van der Waals surface area contributed by atoms with E-state index in [9.17, 15) is 4.79 Å². The van der Waals surface area contributed by atoms with Crippen molar-refractivity contribution in [2.75, 3.05) is 30.5 Å². The number of hydrogen-bond acceptors (Lipinski definition) is 5. The third-order valence-corrected chi connectivity index (χ3v) is 5.59. The number of benzene rings is 1. The van der Waals surface area contributed by atoms with Gasteiger partial charge in [0, 0.05) is 19.2 Å². The van der Waals surface area contributed by atoms with Gasteiger partial charge in [-0.1, -0.05) is 32.9 Å². The fourth-order valence-corrected chi connectivity index (χ4v) is 3.90. The zero-order chi connectivity index (χ0) is 21.3. The molecular weight excluding hydrogens is 378 g/mol. The van der Waals surface area contributed by atoms with E-state index >= 15 is 0 Å². The van der Waals surface area contributed by atoms with Gasteiger partial charge in [0.15, 0.2) is 11.5 Å². The number of fused-ring (bicyclic) bond motifs is 1. The highest BCUT2D eigenvalue weighted by atomic mass is 16.5. The second-order valence-corrected chi connectivity index (χ2v) is 8.85. The smallest absolute Gasteiger partial charge is 0.256 e. The fraction of sp³-hybridized carbons (Fsp3) is 0.435. The van der Waals surface area contributed by atoms with Crippen molar-refractivity contribution in [2.24, 2.45) is 0 Å². The molecule has 1 aliphatic rings. The van der Waals surface area contributed by atoms with Crippen molar-refractivity contribution in [3.8, 4) is 0 Å². The number of ether oxygens (including phenoxy) is 1. The number of anilines is 2. The molecule has 3 aromatic rings. The third-order valence-electron chi connectivity index (χ3n) is 5.59. The van der Waals surface area contributed by atoms with Gasteiger partial charge in [0.25, 0.3) is 5.91 Å². The molecule has 0 radical (unpaired) electrons. The number of imidazole rings is 1. The molecule has 1 amide bonds. The summed E-state index contributed by atoms with van der Waals surface area (Å²) in [7, 11) is 1.73. The van der Waals surface area contributed by atoms with E-state index in [-0.39, 0.29) is 11.3 Å². The van der Waals surface area contributed by atoms with Gasteiger partial charge in [0.05, 0.1) is 18.8 Å². The molecule has 0 bridgehead atoms. The van der Waals surface area contributed by atoms with E-state index in [1.807, 2.05) is 36.4 Å². The topological polar surface area (TPSA) is 71.8 Å². The Morgan fingerprint density at radius 3 is 2.67 bits per heavy atom. The predicted octanol–water partition coefficient (Wildman–Crippen LogP) is 3.89. The number of amides is 1. The zero-order valence-corrected chi connectivity index (χ0v) is 18.1. The molecule has 158 valence electrons. The molecule has 2 aromatic heterocycles. The first-order valence-corrected chi connectivity index (χ1v) is 10.4. The maximum absolute atomic E-state index is 12.6. The highest BCUT2D eigenvalue weighted by molar-refractivity contribution is 6.03. The summed E-state index contributed by atoms with van der Waals surface area (Å²) in [6, 6.07) is 12.0. The van der Waals surface area contributed by atoms with Crippen LogP contribution >= 0.6 is 0 Å². The largest absolute Gasteiger partial charge is 0.383 e. The van der Waals surface area contributed by atoms with Gasteiger partial charge in [-0.2, -0.15) is 0 Å². The molecule has 3 heterocycles. The standard InChI is InChI=1S/C23H29N5O2/c1-23(2,3)17-9-7-16(8-10-17)22(29)25-19-14-28-20(24-19)11-12-21(26-28)27-13-5-6-18(27)15-30-4/h7-12,14,18H,5-6,13,15H2,1-4H3,(H,25,29)/t18-/m1/s1. The molecule has 0 unspecified atom stereocenters. The Hall–Kier alpha value is -2.93. The van der Waals surface area contributed by atoms with E-state index in [4.69, 9.17) is 9.84 Å². The van der Waals surface area contributed by atoms with Gasteiger partial charge < -0.3 is 15.0 Å². The van der Waals surface area contributed by atoms with Gasteiger partial charge in [-0.3, -0.25) is 4.79 Å². The Balaban J connectivity index is 1.50. The summed E-state index contributed by atoms with van der Waals surface area (Å²) in [5.41, 5.74) is 2.54. The van der Waals surface area contributed by atoms with Gasteiger partial charge in [-0.25, -0.2) is 9.50 Å². The van der Waals surface area contributed by atoms with Crippen molar-refractivity contribution in [1.82, 2.24) is 14.6 Å². The van der Waals surface area contributed by atoms with Gasteiger partial charge in [-0.05, 0) is 48.1 Å². The lowest BCUT2D eigenvalue weighted by molar-refractivity contribution is 0.102. The van der Waals surface area contributed by atoms with Crippen molar-refractivity contribution in [3.63, 3.8) is 0 Å². The van der Waals surface area contributed by atoms with Crippen LogP contribution in [0.5, 0.6) is 0 Å². The average Bonchev–Trinajstić information content (AvgIpc) is 3.33. The summed E-state index contributed by atoms with van der Waals surface area (Å²) >= 11 is 0. The van der Waals surface area contributed by atoms with Crippen molar-refractivity contribution in [2.45, 2.75) is 45.1 Å². The molecule has 0 saturated carbocycles. The molecule has 4 rings (SSSR count). The minimum Gasteiger partial charge on any atom is -0.383 e. The van der Waals surface area contributed by atoms with Crippen molar-refractivity contribution < 1.29 is 9.53 Å². The number of nitrogens with zero attached hydrogens (tertiary/aromatic N) is 4. The van der Waals surface area contributed by atoms with Gasteiger partial charge in [0.2, 0.25) is 0 Å². The SMILES string of the molecule is COC[C@H]1CCCN1c1ccc2nc(NC(=O)c3ccc(C(C)(C)C)cc3)cn2n1. The Morgan fingerprint density at radius 1 is 1.20 bits per heavy atom. The number of aromatic nitrogens is 3. The van der Waals surface area contributed by atoms with E-state index in [0.717, 1.165) is 25.2 Å². The highest BCUT2D eigenvalue weighted by Crippen LogP contribution is 2.25. The molecule has 1 aromatic carbocycles. The molecule has 0 spiro atoms. The number of rotatable bonds is 5. The highest BCUT2D eigenvalue weighted by Gasteiger charge is 2.26. The van der Waals surface area contributed by atoms with Crippen LogP contribution in [0.25, 0.3) is 5.65 Å². The Labute approximate surface area is 177 Å². The van der Waals surface area contributed by atoms with E-state index in [2.05, 4.69) is 36.0 Å². The number of methoxy groups -OCH3 is 1. The summed E-state index contributed by atoms with van der Waals surface area (Å²) in [5, 5.41) is 7.58. The van der Waals surface area contributed by atoms with Gasteiger partial charge >= 0.3 is 0 Å². The van der Waals surface area contributed by atoms with Crippen LogP contribution in [0.15, 0.2) is 42.6 Å². The first-order valence-electron chi connectivity index (χ1n) is 10.4. The molecule has 1 N–H and O–H groups in total. The number of hydrogen-bond donors (Lipinski definition) is 1. The third kappa shape index (κ3) is 4.16. The monoisotopic (exact) mass is 407 g/mol. The van der Waals surface area contributed by atoms with Gasteiger partial charge in [0.1, 0.15) is 5.82 Å². The lowest BCUT2D eigenvalue weighted by Crippen LogP contribution is -2.33. The van der Waals surface area contributed by atoms with E-state index in [1.54, 1.807) is 17.8 Å². The van der Waals surface area contributed by atoms with E-state index < -0.39 is 0 Å². The number of carbonyl (C=O) groups excluding carboxylic acids is 1. The minimum atomic E-state index is -0.182. The maximum atomic E-state index is 12.6. The predicted molar refractivity (Wildman–Crippen MR) is 118 cm³/mol. The second-order valence-electron chi connectivity index (χ2n) is 8.85. The molecule has 1 fully saturated rings. The molecule has 30 heavy (non-hydrogen) atoms. The minimum absolute atomic E-state index is 0.0532. The van der Waals surface area contributed by atoms with Crippen LogP contribution in [0.4, 0.5) is 11.6 Å². The summed E-state index contributed by atoms with van der Waals surface area (Å²) in [4.78, 5) is 19.4. The normalized spacial score (nSPS) is 16.9. The molecule has 0 aliphatic carbocycles. The van der Waals surface area contributed by atoms with Crippen molar-refractivity contribution in [1.29, 1.82) is 0 Å². The van der Waals surface area contributed by atoms with E-state index in [0.29, 0.717) is 29.7 Å². The summed E-state index contributed by atoms with van der Waals surface area (Å²) in [6.07, 6.45) is 3.99. The Bertz CT molecular complexity index is 1040. The van der Waals surface area contributed by atoms with Crippen LogP contribution in [-0.2, 0) is 10.2 Å². The van der Waals surface area contributed by atoms with Crippen LogP contribution in [0.2, 0.25) is 0 Å². The quantitative estimate of drug-likeness (QED) is 0.695. The maximum Gasteiger partial charge on any atom is 0.256 e. The molecule has 1 saturated heterocycles. The molecular formula is C23H29N5O2.